The van der Waals surface area contributed by atoms with Gasteiger partial charge in [-0.25, -0.2) is 13.2 Å². The van der Waals surface area contributed by atoms with Crippen LogP contribution in [0.1, 0.15) is 33.6 Å². The molecule has 1 aliphatic heterocycles. The summed E-state index contributed by atoms with van der Waals surface area (Å²) < 4.78 is 27.2. The molecule has 0 aromatic heterocycles. The van der Waals surface area contributed by atoms with Crippen molar-refractivity contribution in [1.82, 2.24) is 4.90 Å². The van der Waals surface area contributed by atoms with Crippen molar-refractivity contribution < 1.29 is 17.9 Å². The number of amides is 1. The molecule has 5 nitrogen and oxygen atoms in total. The van der Waals surface area contributed by atoms with Crippen molar-refractivity contribution >= 4 is 25.8 Å². The summed E-state index contributed by atoms with van der Waals surface area (Å²) in [7, 11) is 1.83. The van der Waals surface area contributed by atoms with E-state index in [9.17, 15) is 13.2 Å². The maximum Gasteiger partial charge on any atom is 0.410 e. The lowest BCUT2D eigenvalue weighted by Gasteiger charge is -2.58. The lowest BCUT2D eigenvalue weighted by molar-refractivity contribution is -0.0901. The second-order valence-electron chi connectivity index (χ2n) is 6.82. The first-order valence-electron chi connectivity index (χ1n) is 6.38. The number of likely N-dealkylation sites (tertiary alicyclic amines) is 1. The third kappa shape index (κ3) is 3.75. The largest absolute Gasteiger partial charge is 0.444 e. The van der Waals surface area contributed by atoms with Crippen LogP contribution in [-0.4, -0.2) is 43.9 Å². The van der Waals surface area contributed by atoms with Gasteiger partial charge >= 0.3 is 6.09 Å². The van der Waals surface area contributed by atoms with E-state index in [0.717, 1.165) is 12.8 Å². The van der Waals surface area contributed by atoms with E-state index in [1.807, 2.05) is 20.8 Å². The summed E-state index contributed by atoms with van der Waals surface area (Å²) in [6.07, 6.45) is 1.38. The highest BCUT2D eigenvalue weighted by Gasteiger charge is 2.54. The van der Waals surface area contributed by atoms with Crippen LogP contribution in [0.5, 0.6) is 0 Å². The highest BCUT2D eigenvalue weighted by atomic mass is 35.7. The molecule has 1 saturated carbocycles. The summed E-state index contributed by atoms with van der Waals surface area (Å²) in [6, 6.07) is 0. The number of ether oxygens (including phenoxy) is 1. The maximum absolute atomic E-state index is 11.8. The monoisotopic (exact) mass is 309 g/mol. The first kappa shape index (κ1) is 14.9. The predicted molar refractivity (Wildman–Crippen MR) is 72.6 cm³/mol. The van der Waals surface area contributed by atoms with E-state index in [-0.39, 0.29) is 23.2 Å². The molecule has 1 saturated heterocycles. The molecular formula is C12H20ClNO4S. The SMILES string of the molecule is CC(C)(C)OC(=O)N1CC2(CC(CS(=O)(=O)Cl)C2)C1. The van der Waals surface area contributed by atoms with Crippen molar-refractivity contribution in [2.24, 2.45) is 11.3 Å². The van der Waals surface area contributed by atoms with Crippen LogP contribution in [0.2, 0.25) is 0 Å². The third-order valence-corrected chi connectivity index (χ3v) is 4.83. The van der Waals surface area contributed by atoms with Gasteiger partial charge in [0.25, 0.3) is 0 Å². The minimum atomic E-state index is -3.41. The van der Waals surface area contributed by atoms with Gasteiger partial charge in [0.15, 0.2) is 0 Å². The van der Waals surface area contributed by atoms with E-state index >= 15 is 0 Å². The second kappa shape index (κ2) is 4.52. The summed E-state index contributed by atoms with van der Waals surface area (Å²) in [5, 5.41) is 0. The zero-order valence-electron chi connectivity index (χ0n) is 11.5. The molecule has 0 radical (unpaired) electrons. The Morgan fingerprint density at radius 3 is 2.32 bits per heavy atom. The topological polar surface area (TPSA) is 63.7 Å². The van der Waals surface area contributed by atoms with Gasteiger partial charge in [-0.05, 0) is 39.5 Å². The van der Waals surface area contributed by atoms with Gasteiger partial charge in [0, 0.05) is 29.2 Å². The summed E-state index contributed by atoms with van der Waals surface area (Å²) in [5.41, 5.74) is -0.363. The fourth-order valence-corrected chi connectivity index (χ4v) is 4.37. The molecule has 19 heavy (non-hydrogen) atoms. The van der Waals surface area contributed by atoms with E-state index in [4.69, 9.17) is 15.4 Å². The van der Waals surface area contributed by atoms with Gasteiger partial charge in [0.05, 0.1) is 5.75 Å². The summed E-state index contributed by atoms with van der Waals surface area (Å²) >= 11 is 0. The Labute approximate surface area is 118 Å². The number of carbonyl (C=O) groups excluding carboxylic acids is 1. The maximum atomic E-state index is 11.8. The van der Waals surface area contributed by atoms with Crippen molar-refractivity contribution in [3.05, 3.63) is 0 Å². The van der Waals surface area contributed by atoms with Gasteiger partial charge in [-0.2, -0.15) is 0 Å². The predicted octanol–water partition coefficient (Wildman–Crippen LogP) is 2.20. The molecule has 2 fully saturated rings. The Kier molecular flexibility index (Phi) is 3.54. The van der Waals surface area contributed by atoms with E-state index in [1.54, 1.807) is 4.90 Å². The van der Waals surface area contributed by atoms with Crippen molar-refractivity contribution in [3.8, 4) is 0 Å². The fraction of sp³-hybridized carbons (Fsp3) is 0.917. The second-order valence-corrected chi connectivity index (χ2v) is 9.64. The van der Waals surface area contributed by atoms with Crippen LogP contribution in [0.25, 0.3) is 0 Å². The van der Waals surface area contributed by atoms with Crippen LogP contribution in [0, 0.1) is 11.3 Å². The zero-order chi connectivity index (χ0) is 14.5. The number of nitrogens with zero attached hydrogens (tertiary/aromatic N) is 1. The van der Waals surface area contributed by atoms with Crippen LogP contribution >= 0.6 is 10.7 Å². The summed E-state index contributed by atoms with van der Waals surface area (Å²) in [6.45, 7) is 6.85. The Hall–Kier alpha value is -0.490. The van der Waals surface area contributed by atoms with Crippen LogP contribution in [0.4, 0.5) is 4.79 Å². The molecule has 0 bridgehead atoms. The molecule has 0 aromatic rings. The van der Waals surface area contributed by atoms with Gasteiger partial charge in [0.2, 0.25) is 9.05 Å². The number of rotatable bonds is 2. The Balaban J connectivity index is 1.75. The van der Waals surface area contributed by atoms with Gasteiger partial charge in [-0.1, -0.05) is 0 Å². The Morgan fingerprint density at radius 2 is 1.89 bits per heavy atom. The van der Waals surface area contributed by atoms with Crippen molar-refractivity contribution in [2.45, 2.75) is 39.2 Å². The average molecular weight is 310 g/mol. The summed E-state index contributed by atoms with van der Waals surface area (Å²) in [4.78, 5) is 13.4. The molecule has 1 heterocycles. The molecule has 1 aliphatic carbocycles. The molecule has 2 rings (SSSR count). The van der Waals surface area contributed by atoms with Gasteiger partial charge in [0.1, 0.15) is 5.60 Å². The fourth-order valence-electron chi connectivity index (χ4n) is 3.04. The molecule has 0 aromatic carbocycles. The smallest absolute Gasteiger partial charge is 0.410 e. The first-order chi connectivity index (χ1) is 8.48. The molecule has 0 atom stereocenters. The molecule has 110 valence electrons. The Bertz CT molecular complexity index is 468. The number of halogens is 1. The molecule has 2 aliphatic rings. The number of carbonyl (C=O) groups is 1. The first-order valence-corrected chi connectivity index (χ1v) is 8.86. The zero-order valence-corrected chi connectivity index (χ0v) is 13.1. The highest BCUT2D eigenvalue weighted by molar-refractivity contribution is 8.13. The van der Waals surface area contributed by atoms with Crippen molar-refractivity contribution in [1.29, 1.82) is 0 Å². The van der Waals surface area contributed by atoms with Gasteiger partial charge in [-0.3, -0.25) is 0 Å². The van der Waals surface area contributed by atoms with Gasteiger partial charge in [-0.15, -0.1) is 0 Å². The quantitative estimate of drug-likeness (QED) is 0.734. The number of hydrogen-bond donors (Lipinski definition) is 0. The molecule has 0 unspecified atom stereocenters. The van der Waals surface area contributed by atoms with E-state index in [1.165, 1.54) is 0 Å². The highest BCUT2D eigenvalue weighted by Crippen LogP contribution is 2.52. The number of hydrogen-bond acceptors (Lipinski definition) is 4. The summed E-state index contributed by atoms with van der Waals surface area (Å²) in [5.74, 6) is 0.186. The standard InChI is InChI=1S/C12H20ClNO4S/c1-11(2,3)18-10(15)14-7-12(8-14)4-9(5-12)6-19(13,16)17/h9H,4-8H2,1-3H3. The molecule has 7 heteroatoms. The van der Waals surface area contributed by atoms with Crippen LogP contribution in [0.3, 0.4) is 0 Å². The van der Waals surface area contributed by atoms with E-state index < -0.39 is 14.7 Å². The average Bonchev–Trinajstić information content (AvgIpc) is 2.00. The van der Waals surface area contributed by atoms with E-state index in [2.05, 4.69) is 0 Å². The molecule has 0 N–H and O–H groups in total. The van der Waals surface area contributed by atoms with Crippen LogP contribution in [-0.2, 0) is 13.8 Å². The third-order valence-electron chi connectivity index (χ3n) is 3.58. The molecule has 1 amide bonds. The molecule has 1 spiro atoms. The lowest BCUT2D eigenvalue weighted by atomic mass is 9.58. The van der Waals surface area contributed by atoms with Crippen molar-refractivity contribution in [3.63, 3.8) is 0 Å². The van der Waals surface area contributed by atoms with Crippen LogP contribution < -0.4 is 0 Å². The minimum absolute atomic E-state index is 0.0444. The lowest BCUT2D eigenvalue weighted by Crippen LogP contribution is -2.64. The van der Waals surface area contributed by atoms with Crippen molar-refractivity contribution in [2.75, 3.05) is 18.8 Å². The van der Waals surface area contributed by atoms with E-state index in [0.29, 0.717) is 13.1 Å². The molecular weight excluding hydrogens is 290 g/mol. The van der Waals surface area contributed by atoms with Crippen LogP contribution in [0.15, 0.2) is 0 Å². The minimum Gasteiger partial charge on any atom is -0.444 e. The Morgan fingerprint density at radius 1 is 1.37 bits per heavy atom. The normalized spacial score (nSPS) is 22.8. The van der Waals surface area contributed by atoms with Gasteiger partial charge < -0.3 is 9.64 Å².